The zero-order chi connectivity index (χ0) is 25.9. The molecule has 1 unspecified atom stereocenters. The molecule has 0 bridgehead atoms. The average molecular weight is 502 g/mol. The minimum Gasteiger partial charge on any atom is -0.497 e. The summed E-state index contributed by atoms with van der Waals surface area (Å²) in [6.07, 6.45) is 0.508. The van der Waals surface area contributed by atoms with Gasteiger partial charge in [-0.15, -0.1) is 0 Å². The van der Waals surface area contributed by atoms with E-state index < -0.39 is 0 Å². The van der Waals surface area contributed by atoms with Crippen molar-refractivity contribution in [3.05, 3.63) is 83.4 Å². The smallest absolute Gasteiger partial charge is 0.262 e. The van der Waals surface area contributed by atoms with Crippen LogP contribution < -0.4 is 18.9 Å². The van der Waals surface area contributed by atoms with E-state index in [1.807, 2.05) is 42.5 Å². The van der Waals surface area contributed by atoms with Gasteiger partial charge in [0.15, 0.2) is 11.5 Å². The maximum Gasteiger partial charge on any atom is 0.262 e. The van der Waals surface area contributed by atoms with Crippen molar-refractivity contribution in [1.82, 2.24) is 9.91 Å². The second-order valence-corrected chi connectivity index (χ2v) is 8.74. The van der Waals surface area contributed by atoms with Crippen LogP contribution in [-0.4, -0.2) is 62.0 Å². The monoisotopic (exact) mass is 501 g/mol. The van der Waals surface area contributed by atoms with E-state index in [9.17, 15) is 9.59 Å². The van der Waals surface area contributed by atoms with Crippen molar-refractivity contribution in [2.24, 2.45) is 5.10 Å². The summed E-state index contributed by atoms with van der Waals surface area (Å²) in [7, 11) is 4.78. The molecule has 9 heteroatoms. The number of carbonyl (C=O) groups excluding carboxylic acids is 2. The molecule has 0 fully saturated rings. The van der Waals surface area contributed by atoms with Gasteiger partial charge >= 0.3 is 0 Å². The lowest BCUT2D eigenvalue weighted by Gasteiger charge is -2.25. The molecule has 2 aliphatic heterocycles. The highest BCUT2D eigenvalue weighted by atomic mass is 16.7. The summed E-state index contributed by atoms with van der Waals surface area (Å²) >= 11 is 0. The first kappa shape index (κ1) is 24.2. The average Bonchev–Trinajstić information content (AvgIpc) is 3.60. The number of likely N-dealkylation sites (N-methyl/N-ethyl adjacent to an activating group) is 1. The molecular formula is C28H27N3O6. The van der Waals surface area contributed by atoms with Crippen molar-refractivity contribution < 1.29 is 28.5 Å². The Kier molecular flexibility index (Phi) is 6.68. The van der Waals surface area contributed by atoms with Gasteiger partial charge in [-0.2, -0.15) is 5.10 Å². The molecule has 0 spiro atoms. The molecule has 2 amide bonds. The van der Waals surface area contributed by atoms with Crippen LogP contribution in [0.3, 0.4) is 0 Å². The third-order valence-electron chi connectivity index (χ3n) is 6.43. The van der Waals surface area contributed by atoms with Gasteiger partial charge in [0.1, 0.15) is 18.0 Å². The van der Waals surface area contributed by atoms with Crippen molar-refractivity contribution >= 4 is 17.5 Å². The number of hydrogen-bond donors (Lipinski definition) is 0. The highest BCUT2D eigenvalue weighted by Gasteiger charge is 2.35. The quantitative estimate of drug-likeness (QED) is 0.488. The maximum absolute atomic E-state index is 13.5. The van der Waals surface area contributed by atoms with Gasteiger partial charge in [0.05, 0.1) is 26.0 Å². The number of hydrogen-bond acceptors (Lipinski definition) is 7. The zero-order valence-corrected chi connectivity index (χ0v) is 20.8. The number of rotatable bonds is 7. The molecule has 0 saturated carbocycles. The fourth-order valence-corrected chi connectivity index (χ4v) is 4.38. The summed E-state index contributed by atoms with van der Waals surface area (Å²) in [5, 5.41) is 6.17. The van der Waals surface area contributed by atoms with Crippen molar-refractivity contribution in [2.45, 2.75) is 12.5 Å². The van der Waals surface area contributed by atoms with Crippen molar-refractivity contribution in [3.63, 3.8) is 0 Å². The molecule has 0 N–H and O–H groups in total. The zero-order valence-electron chi connectivity index (χ0n) is 20.8. The van der Waals surface area contributed by atoms with Gasteiger partial charge in [0.2, 0.25) is 6.79 Å². The molecule has 37 heavy (non-hydrogen) atoms. The number of benzene rings is 3. The highest BCUT2D eigenvalue weighted by molar-refractivity contribution is 6.03. The third kappa shape index (κ3) is 4.93. The van der Waals surface area contributed by atoms with Gasteiger partial charge in [-0.3, -0.25) is 9.59 Å². The predicted octanol–water partition coefficient (Wildman–Crippen LogP) is 3.88. The summed E-state index contributed by atoms with van der Waals surface area (Å²) < 4.78 is 21.4. The first-order chi connectivity index (χ1) is 18.0. The molecule has 2 aliphatic rings. The summed E-state index contributed by atoms with van der Waals surface area (Å²) in [5.74, 6) is 2.13. The molecule has 3 aromatic carbocycles. The Morgan fingerprint density at radius 1 is 0.946 bits per heavy atom. The SMILES string of the molecule is COc1ccc(C(=O)N(C)CC(=O)N2N=C(c3ccc(OC)cc3)CC2c2ccc3c(c2)OCO3)cc1. The third-order valence-corrected chi connectivity index (χ3v) is 6.43. The number of hydrazone groups is 1. The Bertz CT molecular complexity index is 1340. The van der Waals surface area contributed by atoms with E-state index in [-0.39, 0.29) is 31.2 Å². The summed E-state index contributed by atoms with van der Waals surface area (Å²) in [5.41, 5.74) is 2.99. The van der Waals surface area contributed by atoms with Crippen LogP contribution in [0, 0.1) is 0 Å². The van der Waals surface area contributed by atoms with Crippen molar-refractivity contribution in [1.29, 1.82) is 0 Å². The fraction of sp³-hybridized carbons (Fsp3) is 0.250. The van der Waals surface area contributed by atoms with Crippen LogP contribution in [-0.2, 0) is 4.79 Å². The molecule has 0 aliphatic carbocycles. The lowest BCUT2D eigenvalue weighted by Crippen LogP contribution is -2.39. The summed E-state index contributed by atoms with van der Waals surface area (Å²) in [6, 6.07) is 19.6. The summed E-state index contributed by atoms with van der Waals surface area (Å²) in [6.45, 7) is 0.0310. The summed E-state index contributed by atoms with van der Waals surface area (Å²) in [4.78, 5) is 27.9. The molecule has 5 rings (SSSR count). The van der Waals surface area contributed by atoms with E-state index in [1.165, 1.54) is 9.91 Å². The van der Waals surface area contributed by atoms with E-state index >= 15 is 0 Å². The van der Waals surface area contributed by atoms with Gasteiger partial charge in [-0.25, -0.2) is 5.01 Å². The lowest BCUT2D eigenvalue weighted by atomic mass is 9.98. The second-order valence-electron chi connectivity index (χ2n) is 8.74. The number of amides is 2. The first-order valence-corrected chi connectivity index (χ1v) is 11.8. The number of carbonyl (C=O) groups is 2. The Hall–Kier alpha value is -4.53. The molecule has 3 aromatic rings. The van der Waals surface area contributed by atoms with E-state index in [0.717, 1.165) is 22.6 Å². The van der Waals surface area contributed by atoms with E-state index in [0.29, 0.717) is 29.2 Å². The van der Waals surface area contributed by atoms with E-state index in [2.05, 4.69) is 0 Å². The van der Waals surface area contributed by atoms with Crippen LogP contribution in [0.5, 0.6) is 23.0 Å². The van der Waals surface area contributed by atoms with Gasteiger partial charge in [-0.1, -0.05) is 6.07 Å². The number of methoxy groups -OCH3 is 2. The second kappa shape index (κ2) is 10.2. The molecule has 2 heterocycles. The Labute approximate surface area is 214 Å². The molecule has 1 atom stereocenters. The van der Waals surface area contributed by atoms with E-state index in [1.54, 1.807) is 45.5 Å². The first-order valence-electron chi connectivity index (χ1n) is 11.8. The van der Waals surface area contributed by atoms with Crippen LogP contribution in [0.2, 0.25) is 0 Å². The van der Waals surface area contributed by atoms with Crippen LogP contribution >= 0.6 is 0 Å². The topological polar surface area (TPSA) is 89.9 Å². The van der Waals surface area contributed by atoms with Crippen LogP contribution in [0.25, 0.3) is 0 Å². The molecule has 0 saturated heterocycles. The maximum atomic E-state index is 13.5. The lowest BCUT2D eigenvalue weighted by molar-refractivity contribution is -0.133. The van der Waals surface area contributed by atoms with E-state index in [4.69, 9.17) is 24.0 Å². The van der Waals surface area contributed by atoms with Gasteiger partial charge in [0.25, 0.3) is 11.8 Å². The Balaban J connectivity index is 1.39. The van der Waals surface area contributed by atoms with Gasteiger partial charge < -0.3 is 23.8 Å². The Morgan fingerprint density at radius 2 is 1.59 bits per heavy atom. The number of ether oxygens (including phenoxy) is 4. The number of nitrogens with zero attached hydrogens (tertiary/aromatic N) is 3. The molecule has 190 valence electrons. The fourth-order valence-electron chi connectivity index (χ4n) is 4.38. The molecule has 9 nitrogen and oxygen atoms in total. The largest absolute Gasteiger partial charge is 0.497 e. The normalized spacial score (nSPS) is 15.8. The van der Waals surface area contributed by atoms with Gasteiger partial charge in [-0.05, 0) is 71.8 Å². The van der Waals surface area contributed by atoms with Crippen molar-refractivity contribution in [3.8, 4) is 23.0 Å². The van der Waals surface area contributed by atoms with Crippen LogP contribution in [0.4, 0.5) is 0 Å². The standard InChI is InChI=1S/C28H27N3O6/c1-30(28(33)19-6-11-22(35-3)12-7-19)16-27(32)31-24(20-8-13-25-26(14-20)37-17-36-25)15-23(29-31)18-4-9-21(34-2)10-5-18/h4-14,24H,15-17H2,1-3H3. The molecular weight excluding hydrogens is 474 g/mol. The van der Waals surface area contributed by atoms with Crippen LogP contribution in [0.1, 0.15) is 33.9 Å². The minimum atomic E-state index is -0.358. The van der Waals surface area contributed by atoms with Gasteiger partial charge in [0, 0.05) is 19.0 Å². The van der Waals surface area contributed by atoms with Crippen molar-refractivity contribution in [2.75, 3.05) is 34.6 Å². The Morgan fingerprint density at radius 3 is 2.27 bits per heavy atom. The number of fused-ring (bicyclic) bond motifs is 1. The predicted molar refractivity (Wildman–Crippen MR) is 136 cm³/mol. The highest BCUT2D eigenvalue weighted by Crippen LogP contribution is 2.39. The minimum absolute atomic E-state index is 0.134. The molecule has 0 aromatic heterocycles. The van der Waals surface area contributed by atoms with Crippen LogP contribution in [0.15, 0.2) is 71.8 Å². The molecule has 0 radical (unpaired) electrons.